The van der Waals surface area contributed by atoms with Gasteiger partial charge in [0.15, 0.2) is 0 Å². The molecule has 2 aromatic rings. The largest absolute Gasteiger partial charge is 0.390 e. The standard InChI is InChI=1S/C5H7ClN2O.C5H8N2O/c1-3-5(6)4(2-9)8-7-3;1-4-2-5(3-8)7-6-4/h9H,2H2,1H3,(H,7,8);2,8H,3H2,1H3,(H,6,7). The van der Waals surface area contributed by atoms with Crippen molar-refractivity contribution in [3.8, 4) is 0 Å². The molecule has 0 atom stereocenters. The number of hydrogen-bond donors (Lipinski definition) is 4. The van der Waals surface area contributed by atoms with E-state index in [1.54, 1.807) is 13.0 Å². The van der Waals surface area contributed by atoms with Crippen LogP contribution < -0.4 is 0 Å². The van der Waals surface area contributed by atoms with Gasteiger partial charge in [-0.05, 0) is 19.9 Å². The Balaban J connectivity index is 0.000000171. The van der Waals surface area contributed by atoms with Gasteiger partial charge in [-0.1, -0.05) is 11.6 Å². The van der Waals surface area contributed by atoms with E-state index in [9.17, 15) is 0 Å². The number of aromatic amines is 2. The zero-order valence-electron chi connectivity index (χ0n) is 9.66. The van der Waals surface area contributed by atoms with E-state index >= 15 is 0 Å². The van der Waals surface area contributed by atoms with E-state index in [1.165, 1.54) is 0 Å². The highest BCUT2D eigenvalue weighted by Crippen LogP contribution is 2.16. The van der Waals surface area contributed by atoms with Crippen LogP contribution in [0.15, 0.2) is 6.07 Å². The molecule has 17 heavy (non-hydrogen) atoms. The molecule has 0 fully saturated rings. The molecule has 0 aliphatic rings. The molecule has 0 unspecified atom stereocenters. The van der Waals surface area contributed by atoms with Crippen LogP contribution in [0, 0.1) is 13.8 Å². The number of aryl methyl sites for hydroxylation is 2. The molecule has 94 valence electrons. The number of halogens is 1. The van der Waals surface area contributed by atoms with E-state index in [0.29, 0.717) is 16.4 Å². The van der Waals surface area contributed by atoms with E-state index in [-0.39, 0.29) is 13.2 Å². The number of rotatable bonds is 2. The molecule has 0 amide bonds. The second kappa shape index (κ2) is 6.39. The van der Waals surface area contributed by atoms with Gasteiger partial charge in [0, 0.05) is 5.69 Å². The zero-order valence-corrected chi connectivity index (χ0v) is 10.4. The highest BCUT2D eigenvalue weighted by atomic mass is 35.5. The molecular weight excluding hydrogens is 244 g/mol. The molecule has 2 heterocycles. The van der Waals surface area contributed by atoms with Gasteiger partial charge in [-0.25, -0.2) is 0 Å². The van der Waals surface area contributed by atoms with Crippen molar-refractivity contribution in [1.82, 2.24) is 20.4 Å². The van der Waals surface area contributed by atoms with Crippen molar-refractivity contribution in [2.45, 2.75) is 27.1 Å². The Bertz CT molecular complexity index is 467. The third-order valence-corrected chi connectivity index (χ3v) is 2.51. The first kappa shape index (κ1) is 13.7. The third-order valence-electron chi connectivity index (χ3n) is 2.01. The highest BCUT2D eigenvalue weighted by Gasteiger charge is 2.04. The number of aliphatic hydroxyl groups is 2. The Morgan fingerprint density at radius 3 is 2.12 bits per heavy atom. The van der Waals surface area contributed by atoms with Crippen LogP contribution in [0.2, 0.25) is 5.02 Å². The molecule has 4 N–H and O–H groups in total. The van der Waals surface area contributed by atoms with Crippen LogP contribution in [0.1, 0.15) is 22.8 Å². The maximum Gasteiger partial charge on any atom is 0.106 e. The molecule has 0 radical (unpaired) electrons. The molecular formula is C10H15ClN4O2. The number of H-pyrrole nitrogens is 2. The summed E-state index contributed by atoms with van der Waals surface area (Å²) in [6.45, 7) is 3.61. The maximum atomic E-state index is 8.56. The van der Waals surface area contributed by atoms with Crippen LogP contribution >= 0.6 is 11.6 Å². The van der Waals surface area contributed by atoms with Crippen molar-refractivity contribution >= 4 is 11.6 Å². The summed E-state index contributed by atoms with van der Waals surface area (Å²) in [5.74, 6) is 0. The normalized spacial score (nSPS) is 9.94. The lowest BCUT2D eigenvalue weighted by atomic mass is 10.4. The first-order valence-corrected chi connectivity index (χ1v) is 5.38. The van der Waals surface area contributed by atoms with E-state index in [0.717, 1.165) is 11.4 Å². The van der Waals surface area contributed by atoms with E-state index < -0.39 is 0 Å². The van der Waals surface area contributed by atoms with Gasteiger partial charge in [-0.3, -0.25) is 10.2 Å². The molecule has 0 saturated heterocycles. The van der Waals surface area contributed by atoms with Crippen LogP contribution in [0.3, 0.4) is 0 Å². The van der Waals surface area contributed by atoms with Crippen molar-refractivity contribution < 1.29 is 10.2 Å². The molecule has 2 aromatic heterocycles. The van der Waals surface area contributed by atoms with Gasteiger partial charge in [0.2, 0.25) is 0 Å². The van der Waals surface area contributed by atoms with Gasteiger partial charge in [0.25, 0.3) is 0 Å². The molecule has 0 saturated carbocycles. The maximum absolute atomic E-state index is 8.56. The summed E-state index contributed by atoms with van der Waals surface area (Å²) in [6, 6.07) is 1.81. The second-order valence-corrected chi connectivity index (χ2v) is 3.85. The van der Waals surface area contributed by atoms with Gasteiger partial charge < -0.3 is 10.2 Å². The van der Waals surface area contributed by atoms with Crippen molar-refractivity contribution in [2.75, 3.05) is 0 Å². The fourth-order valence-electron chi connectivity index (χ4n) is 1.13. The summed E-state index contributed by atoms with van der Waals surface area (Å²) in [5.41, 5.74) is 2.98. The summed E-state index contributed by atoms with van der Waals surface area (Å²) in [7, 11) is 0. The average Bonchev–Trinajstić information content (AvgIpc) is 2.88. The Labute approximate surface area is 104 Å². The monoisotopic (exact) mass is 258 g/mol. The quantitative estimate of drug-likeness (QED) is 0.648. The first-order valence-electron chi connectivity index (χ1n) is 5.00. The highest BCUT2D eigenvalue weighted by molar-refractivity contribution is 6.31. The van der Waals surface area contributed by atoms with Crippen LogP contribution in [0.5, 0.6) is 0 Å². The van der Waals surface area contributed by atoms with Crippen LogP contribution in [-0.2, 0) is 13.2 Å². The number of hydrogen-bond acceptors (Lipinski definition) is 4. The topological polar surface area (TPSA) is 97.8 Å². The molecule has 0 aliphatic heterocycles. The van der Waals surface area contributed by atoms with Crippen LogP contribution in [0.25, 0.3) is 0 Å². The number of nitrogens with zero attached hydrogens (tertiary/aromatic N) is 2. The summed E-state index contributed by atoms with van der Waals surface area (Å²) in [4.78, 5) is 0. The van der Waals surface area contributed by atoms with Gasteiger partial charge in [-0.2, -0.15) is 10.2 Å². The minimum absolute atomic E-state index is 0.0182. The summed E-state index contributed by atoms with van der Waals surface area (Å²) in [6.07, 6.45) is 0. The third kappa shape index (κ3) is 3.85. The summed E-state index contributed by atoms with van der Waals surface area (Å²) >= 11 is 5.66. The fraction of sp³-hybridized carbons (Fsp3) is 0.400. The second-order valence-electron chi connectivity index (χ2n) is 3.47. The molecule has 0 aliphatic carbocycles. The fourth-order valence-corrected chi connectivity index (χ4v) is 1.27. The lowest BCUT2D eigenvalue weighted by molar-refractivity contribution is 0.276. The van der Waals surface area contributed by atoms with E-state index in [2.05, 4.69) is 20.4 Å². The Morgan fingerprint density at radius 2 is 1.88 bits per heavy atom. The zero-order chi connectivity index (χ0) is 12.8. The lowest BCUT2D eigenvalue weighted by Gasteiger charge is -1.85. The lowest BCUT2D eigenvalue weighted by Crippen LogP contribution is -1.81. The average molecular weight is 259 g/mol. The van der Waals surface area contributed by atoms with Gasteiger partial charge in [0.05, 0.1) is 29.6 Å². The minimum atomic E-state index is -0.108. The number of aromatic nitrogens is 4. The minimum Gasteiger partial charge on any atom is -0.390 e. The molecule has 2 rings (SSSR count). The van der Waals surface area contributed by atoms with Crippen molar-refractivity contribution in [2.24, 2.45) is 0 Å². The predicted octanol–water partition coefficient (Wildman–Crippen LogP) is 1.07. The molecule has 0 spiro atoms. The summed E-state index contributed by atoms with van der Waals surface area (Å²) in [5, 5.41) is 30.4. The van der Waals surface area contributed by atoms with Crippen LogP contribution in [0.4, 0.5) is 0 Å². The predicted molar refractivity (Wildman–Crippen MR) is 63.5 cm³/mol. The number of nitrogens with one attached hydrogen (secondary N) is 2. The Kier molecular flexibility index (Phi) is 5.14. The molecule has 0 bridgehead atoms. The van der Waals surface area contributed by atoms with Crippen molar-refractivity contribution in [1.29, 1.82) is 0 Å². The summed E-state index contributed by atoms with van der Waals surface area (Å²) < 4.78 is 0. The van der Waals surface area contributed by atoms with Gasteiger partial charge >= 0.3 is 0 Å². The molecule has 7 heteroatoms. The van der Waals surface area contributed by atoms with Crippen molar-refractivity contribution in [3.05, 3.63) is 33.9 Å². The first-order chi connectivity index (χ1) is 8.08. The Hall–Kier alpha value is -1.37. The smallest absolute Gasteiger partial charge is 0.106 e. The SMILES string of the molecule is Cc1[nH]nc(CO)c1Cl.Cc1cc(CO)n[nH]1. The van der Waals surface area contributed by atoms with Gasteiger partial charge in [0.1, 0.15) is 5.69 Å². The number of aliphatic hydroxyl groups excluding tert-OH is 2. The molecule has 0 aromatic carbocycles. The van der Waals surface area contributed by atoms with E-state index in [4.69, 9.17) is 21.8 Å². The van der Waals surface area contributed by atoms with Gasteiger partial charge in [-0.15, -0.1) is 0 Å². The van der Waals surface area contributed by atoms with Crippen LogP contribution in [-0.4, -0.2) is 30.6 Å². The van der Waals surface area contributed by atoms with Crippen molar-refractivity contribution in [3.63, 3.8) is 0 Å². The van der Waals surface area contributed by atoms with E-state index in [1.807, 2.05) is 6.92 Å². The molecule has 6 nitrogen and oxygen atoms in total. The Morgan fingerprint density at radius 1 is 1.18 bits per heavy atom.